The number of hydrogen-bond acceptors (Lipinski definition) is 2. The summed E-state index contributed by atoms with van der Waals surface area (Å²) in [4.78, 5) is 2.28. The highest BCUT2D eigenvalue weighted by molar-refractivity contribution is 6.39. The molecule has 0 bridgehead atoms. The zero-order chi connectivity index (χ0) is 12.5. The van der Waals surface area contributed by atoms with Gasteiger partial charge in [0.05, 0.1) is 15.7 Å². The lowest BCUT2D eigenvalue weighted by molar-refractivity contribution is 0.314. The number of anilines is 1. The highest BCUT2D eigenvalue weighted by Gasteiger charge is 2.30. The number of halogens is 2. The molecule has 1 fully saturated rings. The van der Waals surface area contributed by atoms with Gasteiger partial charge in [0, 0.05) is 25.2 Å². The van der Waals surface area contributed by atoms with Crippen molar-refractivity contribution < 1.29 is 0 Å². The van der Waals surface area contributed by atoms with Gasteiger partial charge in [-0.05, 0) is 25.5 Å². The van der Waals surface area contributed by atoms with Gasteiger partial charge in [0.15, 0.2) is 0 Å². The van der Waals surface area contributed by atoms with Crippen LogP contribution < -0.4 is 10.2 Å². The molecule has 0 radical (unpaired) electrons. The predicted octanol–water partition coefficient (Wildman–Crippen LogP) is 3.57. The molecule has 1 aliphatic rings. The van der Waals surface area contributed by atoms with E-state index >= 15 is 0 Å². The number of rotatable bonds is 2. The van der Waals surface area contributed by atoms with Gasteiger partial charge >= 0.3 is 0 Å². The van der Waals surface area contributed by atoms with Crippen LogP contribution in [0.2, 0.25) is 10.0 Å². The fourth-order valence-electron chi connectivity index (χ4n) is 2.27. The van der Waals surface area contributed by atoms with Gasteiger partial charge in [-0.2, -0.15) is 0 Å². The van der Waals surface area contributed by atoms with E-state index in [1.165, 1.54) is 0 Å². The summed E-state index contributed by atoms with van der Waals surface area (Å²) in [5, 5.41) is 5.02. The van der Waals surface area contributed by atoms with Crippen LogP contribution >= 0.6 is 23.2 Å². The van der Waals surface area contributed by atoms with Crippen molar-refractivity contribution in [3.05, 3.63) is 28.2 Å². The molecule has 0 saturated carbocycles. The molecule has 1 heterocycles. The van der Waals surface area contributed by atoms with Crippen LogP contribution in [0.3, 0.4) is 0 Å². The topological polar surface area (TPSA) is 15.3 Å². The van der Waals surface area contributed by atoms with Gasteiger partial charge in [-0.1, -0.05) is 36.2 Å². The van der Waals surface area contributed by atoms with E-state index in [0.29, 0.717) is 0 Å². The van der Waals surface area contributed by atoms with Crippen molar-refractivity contribution in [3.63, 3.8) is 0 Å². The summed E-state index contributed by atoms with van der Waals surface area (Å²) < 4.78 is 0. The minimum atomic E-state index is 0.140. The Balaban J connectivity index is 2.28. The number of nitrogens with zero attached hydrogens (tertiary/aromatic N) is 1. The first-order valence-corrected chi connectivity index (χ1v) is 6.75. The smallest absolute Gasteiger partial charge is 0.0746 e. The molecule has 94 valence electrons. The van der Waals surface area contributed by atoms with Crippen LogP contribution in [-0.2, 0) is 0 Å². The lowest BCUT2D eigenvalue weighted by Gasteiger charge is -2.42. The summed E-state index contributed by atoms with van der Waals surface area (Å²) in [7, 11) is 0. The molecule has 0 spiro atoms. The molecule has 0 amide bonds. The molecular weight excluding hydrogens is 255 g/mol. The van der Waals surface area contributed by atoms with Crippen molar-refractivity contribution in [2.75, 3.05) is 24.5 Å². The molecule has 0 aliphatic carbocycles. The Hall–Kier alpha value is -0.440. The van der Waals surface area contributed by atoms with Crippen molar-refractivity contribution in [2.24, 2.45) is 0 Å². The lowest BCUT2D eigenvalue weighted by Crippen LogP contribution is -2.58. The number of hydrogen-bond donors (Lipinski definition) is 1. The molecule has 1 aromatic rings. The summed E-state index contributed by atoms with van der Waals surface area (Å²) in [6, 6.07) is 5.68. The number of nitrogens with one attached hydrogen (secondary N) is 1. The maximum atomic E-state index is 6.25. The van der Waals surface area contributed by atoms with E-state index < -0.39 is 0 Å². The summed E-state index contributed by atoms with van der Waals surface area (Å²) in [6.45, 7) is 7.28. The molecular formula is C13H18Cl2N2. The van der Waals surface area contributed by atoms with Crippen LogP contribution in [0, 0.1) is 0 Å². The first-order valence-electron chi connectivity index (χ1n) is 6.00. The third kappa shape index (κ3) is 2.70. The van der Waals surface area contributed by atoms with Gasteiger partial charge in [-0.25, -0.2) is 0 Å². The number of piperazine rings is 1. The van der Waals surface area contributed by atoms with Gasteiger partial charge in [-0.3, -0.25) is 0 Å². The monoisotopic (exact) mass is 272 g/mol. The standard InChI is InChI=1S/C13H18Cl2N2/c1-3-13(2)9-17(8-7-16-13)12-10(14)5-4-6-11(12)15/h4-6,16H,3,7-9H2,1-2H3. The maximum absolute atomic E-state index is 6.25. The van der Waals surface area contributed by atoms with Gasteiger partial charge in [-0.15, -0.1) is 0 Å². The average molecular weight is 273 g/mol. The lowest BCUT2D eigenvalue weighted by atomic mass is 9.95. The highest BCUT2D eigenvalue weighted by Crippen LogP contribution is 2.35. The molecule has 0 aromatic heterocycles. The molecule has 1 aliphatic heterocycles. The van der Waals surface area contributed by atoms with E-state index in [4.69, 9.17) is 23.2 Å². The summed E-state index contributed by atoms with van der Waals surface area (Å²) >= 11 is 12.5. The van der Waals surface area contributed by atoms with Crippen molar-refractivity contribution in [2.45, 2.75) is 25.8 Å². The second-order valence-electron chi connectivity index (χ2n) is 4.83. The number of benzene rings is 1. The molecule has 1 aromatic carbocycles. The first-order chi connectivity index (χ1) is 8.06. The SMILES string of the molecule is CCC1(C)CN(c2c(Cl)cccc2Cl)CCN1. The van der Waals surface area contributed by atoms with Crippen molar-refractivity contribution in [1.82, 2.24) is 5.32 Å². The van der Waals surface area contributed by atoms with Crippen LogP contribution in [0.15, 0.2) is 18.2 Å². The van der Waals surface area contributed by atoms with E-state index in [2.05, 4.69) is 24.1 Å². The Labute approximate surface area is 113 Å². The van der Waals surface area contributed by atoms with E-state index in [1.807, 2.05) is 18.2 Å². The average Bonchev–Trinajstić information content (AvgIpc) is 2.29. The van der Waals surface area contributed by atoms with E-state index in [-0.39, 0.29) is 5.54 Å². The van der Waals surface area contributed by atoms with Gasteiger partial charge in [0.25, 0.3) is 0 Å². The fraction of sp³-hybridized carbons (Fsp3) is 0.538. The largest absolute Gasteiger partial charge is 0.366 e. The normalized spacial score (nSPS) is 25.1. The summed E-state index contributed by atoms with van der Waals surface area (Å²) in [5.74, 6) is 0. The third-order valence-electron chi connectivity index (χ3n) is 3.51. The van der Waals surface area contributed by atoms with Crippen LogP contribution in [0.25, 0.3) is 0 Å². The first kappa shape index (κ1) is 13.0. The second kappa shape index (κ2) is 5.05. The highest BCUT2D eigenvalue weighted by atomic mass is 35.5. The molecule has 2 nitrogen and oxygen atoms in total. The van der Waals surface area contributed by atoms with Crippen molar-refractivity contribution in [3.8, 4) is 0 Å². The van der Waals surface area contributed by atoms with E-state index in [9.17, 15) is 0 Å². The molecule has 17 heavy (non-hydrogen) atoms. The van der Waals surface area contributed by atoms with E-state index in [1.54, 1.807) is 0 Å². The minimum absolute atomic E-state index is 0.140. The summed E-state index contributed by atoms with van der Waals surface area (Å²) in [5.41, 5.74) is 1.11. The molecule has 1 N–H and O–H groups in total. The predicted molar refractivity (Wildman–Crippen MR) is 75.4 cm³/mol. The van der Waals surface area contributed by atoms with Gasteiger partial charge in [0.1, 0.15) is 0 Å². The van der Waals surface area contributed by atoms with E-state index in [0.717, 1.165) is 41.8 Å². The Kier molecular flexibility index (Phi) is 3.86. The molecule has 4 heteroatoms. The number of para-hydroxylation sites is 1. The fourth-order valence-corrected chi connectivity index (χ4v) is 2.90. The van der Waals surface area contributed by atoms with Crippen LogP contribution in [-0.4, -0.2) is 25.2 Å². The molecule has 1 unspecified atom stereocenters. The molecule has 2 rings (SSSR count). The molecule has 1 saturated heterocycles. The zero-order valence-corrected chi connectivity index (χ0v) is 11.8. The van der Waals surface area contributed by atoms with Crippen LogP contribution in [0.5, 0.6) is 0 Å². The zero-order valence-electron chi connectivity index (χ0n) is 10.3. The Bertz CT molecular complexity index is 388. The quantitative estimate of drug-likeness (QED) is 0.886. The van der Waals surface area contributed by atoms with Crippen molar-refractivity contribution >= 4 is 28.9 Å². The second-order valence-corrected chi connectivity index (χ2v) is 5.65. The maximum Gasteiger partial charge on any atom is 0.0746 e. The minimum Gasteiger partial charge on any atom is -0.366 e. The third-order valence-corrected chi connectivity index (χ3v) is 4.12. The van der Waals surface area contributed by atoms with Gasteiger partial charge in [0.2, 0.25) is 0 Å². The Morgan fingerprint density at radius 3 is 2.59 bits per heavy atom. The van der Waals surface area contributed by atoms with Crippen molar-refractivity contribution in [1.29, 1.82) is 0 Å². The molecule has 1 atom stereocenters. The van der Waals surface area contributed by atoms with Gasteiger partial charge < -0.3 is 10.2 Å². The Morgan fingerprint density at radius 1 is 1.35 bits per heavy atom. The van der Waals surface area contributed by atoms with Crippen LogP contribution in [0.4, 0.5) is 5.69 Å². The Morgan fingerprint density at radius 2 is 2.00 bits per heavy atom. The summed E-state index contributed by atoms with van der Waals surface area (Å²) in [6.07, 6.45) is 1.09. The van der Waals surface area contributed by atoms with Crippen LogP contribution in [0.1, 0.15) is 20.3 Å².